The van der Waals surface area contributed by atoms with Gasteiger partial charge in [0.05, 0.1) is 0 Å². The standard InChI is InChI=1S/C10H17N5/c1-6-5-7(8(11)12)14-9(13-6)15-10(2,3)4/h5H,1-4H3,(H3,11,12)(H,13,14,15). The molecule has 1 aromatic heterocycles. The van der Waals surface area contributed by atoms with Gasteiger partial charge in [-0.25, -0.2) is 9.97 Å². The Bertz CT molecular complexity index is 378. The zero-order chi connectivity index (χ0) is 11.6. The van der Waals surface area contributed by atoms with Gasteiger partial charge in [-0.1, -0.05) is 0 Å². The van der Waals surface area contributed by atoms with Crippen LogP contribution in [0.3, 0.4) is 0 Å². The Morgan fingerprint density at radius 3 is 2.47 bits per heavy atom. The minimum Gasteiger partial charge on any atom is -0.382 e. The fourth-order valence-corrected chi connectivity index (χ4v) is 1.10. The minimum atomic E-state index is -0.109. The second-order valence-corrected chi connectivity index (χ2v) is 4.51. The van der Waals surface area contributed by atoms with Crippen molar-refractivity contribution < 1.29 is 0 Å². The van der Waals surface area contributed by atoms with Crippen LogP contribution in [0.15, 0.2) is 6.07 Å². The smallest absolute Gasteiger partial charge is 0.223 e. The molecule has 1 aromatic rings. The topological polar surface area (TPSA) is 87.7 Å². The zero-order valence-electron chi connectivity index (χ0n) is 9.55. The zero-order valence-corrected chi connectivity index (χ0v) is 9.55. The van der Waals surface area contributed by atoms with Gasteiger partial charge in [0.25, 0.3) is 0 Å². The number of anilines is 1. The van der Waals surface area contributed by atoms with Crippen molar-refractivity contribution >= 4 is 11.8 Å². The Labute approximate surface area is 89.6 Å². The maximum Gasteiger partial charge on any atom is 0.223 e. The van der Waals surface area contributed by atoms with E-state index in [4.69, 9.17) is 11.1 Å². The van der Waals surface area contributed by atoms with Gasteiger partial charge in [-0.15, -0.1) is 0 Å². The van der Waals surface area contributed by atoms with Gasteiger partial charge in [-0.05, 0) is 33.8 Å². The lowest BCUT2D eigenvalue weighted by Gasteiger charge is -2.20. The molecule has 5 nitrogen and oxygen atoms in total. The monoisotopic (exact) mass is 207 g/mol. The molecule has 0 saturated heterocycles. The first-order chi connectivity index (χ1) is 6.78. The molecule has 0 bridgehead atoms. The normalized spacial score (nSPS) is 11.2. The van der Waals surface area contributed by atoms with Crippen molar-refractivity contribution in [3.63, 3.8) is 0 Å². The third kappa shape index (κ3) is 3.53. The lowest BCUT2D eigenvalue weighted by Crippen LogP contribution is -2.28. The maximum absolute atomic E-state index is 7.32. The summed E-state index contributed by atoms with van der Waals surface area (Å²) in [6.45, 7) is 7.91. The van der Waals surface area contributed by atoms with Gasteiger partial charge in [0, 0.05) is 11.2 Å². The van der Waals surface area contributed by atoms with E-state index in [1.54, 1.807) is 6.07 Å². The van der Waals surface area contributed by atoms with Crippen LogP contribution in [0.2, 0.25) is 0 Å². The number of hydrogen-bond acceptors (Lipinski definition) is 4. The van der Waals surface area contributed by atoms with Crippen molar-refractivity contribution in [2.75, 3.05) is 5.32 Å². The third-order valence-electron chi connectivity index (χ3n) is 1.62. The summed E-state index contributed by atoms with van der Waals surface area (Å²) in [5.74, 6) is 0.463. The average molecular weight is 207 g/mol. The first-order valence-electron chi connectivity index (χ1n) is 4.76. The molecule has 0 aliphatic rings. The maximum atomic E-state index is 7.32. The SMILES string of the molecule is Cc1cc(C(=N)N)nc(NC(C)(C)C)n1. The van der Waals surface area contributed by atoms with E-state index in [1.165, 1.54) is 0 Å². The summed E-state index contributed by atoms with van der Waals surface area (Å²) in [5, 5.41) is 10.5. The first kappa shape index (κ1) is 11.4. The number of aromatic nitrogens is 2. The van der Waals surface area contributed by atoms with Gasteiger partial charge in [-0.2, -0.15) is 0 Å². The number of rotatable bonds is 2. The Kier molecular flexibility index (Phi) is 2.93. The summed E-state index contributed by atoms with van der Waals surface area (Å²) in [6, 6.07) is 1.69. The van der Waals surface area contributed by atoms with E-state index in [-0.39, 0.29) is 11.4 Å². The summed E-state index contributed by atoms with van der Waals surface area (Å²) in [4.78, 5) is 8.37. The molecule has 0 spiro atoms. The molecule has 4 N–H and O–H groups in total. The number of nitrogen functional groups attached to an aromatic ring is 1. The van der Waals surface area contributed by atoms with E-state index in [0.29, 0.717) is 11.6 Å². The summed E-state index contributed by atoms with van der Waals surface area (Å²) >= 11 is 0. The summed E-state index contributed by atoms with van der Waals surface area (Å²) in [6.07, 6.45) is 0. The lowest BCUT2D eigenvalue weighted by atomic mass is 10.1. The Morgan fingerprint density at radius 2 is 2.00 bits per heavy atom. The molecule has 1 rings (SSSR count). The van der Waals surface area contributed by atoms with Crippen molar-refractivity contribution in [1.29, 1.82) is 5.41 Å². The molecule has 0 aliphatic heterocycles. The van der Waals surface area contributed by atoms with Gasteiger partial charge in [0.2, 0.25) is 5.95 Å². The molecule has 0 amide bonds. The number of amidine groups is 1. The molecule has 0 unspecified atom stereocenters. The van der Waals surface area contributed by atoms with E-state index < -0.39 is 0 Å². The number of hydrogen-bond donors (Lipinski definition) is 3. The van der Waals surface area contributed by atoms with Crippen LogP contribution < -0.4 is 11.1 Å². The largest absolute Gasteiger partial charge is 0.382 e. The van der Waals surface area contributed by atoms with E-state index in [0.717, 1.165) is 5.69 Å². The first-order valence-corrected chi connectivity index (χ1v) is 4.76. The van der Waals surface area contributed by atoms with Gasteiger partial charge >= 0.3 is 0 Å². The van der Waals surface area contributed by atoms with Crippen LogP contribution in [0.5, 0.6) is 0 Å². The molecule has 0 fully saturated rings. The molecule has 0 saturated carbocycles. The Hall–Kier alpha value is -1.65. The fraction of sp³-hybridized carbons (Fsp3) is 0.500. The van der Waals surface area contributed by atoms with Crippen LogP contribution in [0.25, 0.3) is 0 Å². The molecule has 0 aromatic carbocycles. The van der Waals surface area contributed by atoms with Gasteiger partial charge in [0.15, 0.2) is 0 Å². The predicted octanol–water partition coefficient (Wildman–Crippen LogP) is 1.28. The fourth-order valence-electron chi connectivity index (χ4n) is 1.10. The van der Waals surface area contributed by atoms with Crippen LogP contribution in [0.4, 0.5) is 5.95 Å². The molecule has 15 heavy (non-hydrogen) atoms. The molecule has 5 heteroatoms. The van der Waals surface area contributed by atoms with Crippen LogP contribution in [0, 0.1) is 12.3 Å². The summed E-state index contributed by atoms with van der Waals surface area (Å²) in [5.41, 5.74) is 6.52. The van der Waals surface area contributed by atoms with Crippen LogP contribution in [0.1, 0.15) is 32.2 Å². The molecule has 1 heterocycles. The summed E-state index contributed by atoms with van der Waals surface area (Å²) in [7, 11) is 0. The van der Waals surface area contributed by atoms with E-state index in [1.807, 2.05) is 27.7 Å². The van der Waals surface area contributed by atoms with Crippen LogP contribution in [-0.2, 0) is 0 Å². The highest BCUT2D eigenvalue weighted by Crippen LogP contribution is 2.11. The van der Waals surface area contributed by atoms with Gasteiger partial charge < -0.3 is 11.1 Å². The van der Waals surface area contributed by atoms with Crippen LogP contribution >= 0.6 is 0 Å². The molecular formula is C10H17N5. The predicted molar refractivity (Wildman–Crippen MR) is 61.2 cm³/mol. The quantitative estimate of drug-likeness (QED) is 0.503. The number of nitrogens with one attached hydrogen (secondary N) is 2. The third-order valence-corrected chi connectivity index (χ3v) is 1.62. The Morgan fingerprint density at radius 1 is 1.40 bits per heavy atom. The summed E-state index contributed by atoms with van der Waals surface area (Å²) < 4.78 is 0. The molecule has 0 atom stereocenters. The van der Waals surface area contributed by atoms with Crippen molar-refractivity contribution in [2.24, 2.45) is 5.73 Å². The highest BCUT2D eigenvalue weighted by atomic mass is 15.1. The second kappa shape index (κ2) is 3.84. The number of nitrogens with zero attached hydrogens (tertiary/aromatic N) is 2. The van der Waals surface area contributed by atoms with Gasteiger partial charge in [0.1, 0.15) is 11.5 Å². The van der Waals surface area contributed by atoms with Gasteiger partial charge in [-0.3, -0.25) is 5.41 Å². The van der Waals surface area contributed by atoms with Crippen molar-refractivity contribution in [2.45, 2.75) is 33.2 Å². The second-order valence-electron chi connectivity index (χ2n) is 4.51. The van der Waals surface area contributed by atoms with Crippen molar-refractivity contribution in [3.8, 4) is 0 Å². The van der Waals surface area contributed by atoms with Crippen LogP contribution in [-0.4, -0.2) is 21.3 Å². The highest BCUT2D eigenvalue weighted by Gasteiger charge is 2.12. The average Bonchev–Trinajstić information content (AvgIpc) is 1.99. The molecule has 82 valence electrons. The molecule has 0 radical (unpaired) electrons. The van der Waals surface area contributed by atoms with E-state index in [2.05, 4.69) is 15.3 Å². The molecular weight excluding hydrogens is 190 g/mol. The Balaban J connectivity index is 3.04. The minimum absolute atomic E-state index is 0.0440. The van der Waals surface area contributed by atoms with Crippen molar-refractivity contribution in [1.82, 2.24) is 9.97 Å². The number of aryl methyl sites for hydroxylation is 1. The van der Waals surface area contributed by atoms with E-state index in [9.17, 15) is 0 Å². The lowest BCUT2D eigenvalue weighted by molar-refractivity contribution is 0.625. The highest BCUT2D eigenvalue weighted by molar-refractivity contribution is 5.93. The molecule has 0 aliphatic carbocycles. The van der Waals surface area contributed by atoms with Crippen molar-refractivity contribution in [3.05, 3.63) is 17.5 Å². The van der Waals surface area contributed by atoms with E-state index >= 15 is 0 Å². The number of nitrogens with two attached hydrogens (primary N) is 1.